The van der Waals surface area contributed by atoms with Gasteiger partial charge in [0.25, 0.3) is 6.49 Å². The molecular weight excluding hydrogens is 301 g/mol. The van der Waals surface area contributed by atoms with Crippen LogP contribution in [0.2, 0.25) is 0 Å². The minimum atomic E-state index is -2.63. The maximum atomic E-state index is 9.02. The van der Waals surface area contributed by atoms with Crippen molar-refractivity contribution in [1.82, 2.24) is 0 Å². The first-order valence-corrected chi connectivity index (χ1v) is 9.23. The van der Waals surface area contributed by atoms with Crippen LogP contribution < -0.4 is 9.83 Å². The maximum absolute atomic E-state index is 9.02. The van der Waals surface area contributed by atoms with E-state index >= 15 is 0 Å². The number of hydrogen-bond donors (Lipinski definition) is 0. The highest BCUT2D eigenvalue weighted by molar-refractivity contribution is 8.13. The Labute approximate surface area is 130 Å². The lowest BCUT2D eigenvalue weighted by atomic mass is 10.1. The molecule has 0 aromatic heterocycles. The fraction of sp³-hybridized carbons (Fsp3) is 0.188. The van der Waals surface area contributed by atoms with Crippen LogP contribution in [0.5, 0.6) is 5.75 Å². The van der Waals surface area contributed by atoms with E-state index in [1.165, 1.54) is 0 Å². The smallest absolute Gasteiger partial charge is 0.269 e. The van der Waals surface area contributed by atoms with Crippen molar-refractivity contribution in [3.63, 3.8) is 0 Å². The third-order valence-corrected chi connectivity index (χ3v) is 6.05. The molecule has 0 aliphatic rings. The second-order valence-corrected chi connectivity index (χ2v) is 7.83. The summed E-state index contributed by atoms with van der Waals surface area (Å²) >= 11 is 5.67. The van der Waals surface area contributed by atoms with Crippen LogP contribution in [0.25, 0.3) is 0 Å². The normalized spacial score (nSPS) is 13.2. The molecule has 108 valence electrons. The van der Waals surface area contributed by atoms with Gasteiger partial charge in [-0.05, 0) is 55.5 Å². The van der Waals surface area contributed by atoms with Gasteiger partial charge in [-0.2, -0.15) is 5.26 Å². The summed E-state index contributed by atoms with van der Waals surface area (Å²) in [5.41, 5.74) is 1.47. The highest BCUT2D eigenvalue weighted by Gasteiger charge is 2.23. The van der Waals surface area contributed by atoms with Gasteiger partial charge in [-0.3, -0.25) is 0 Å². The summed E-state index contributed by atoms with van der Waals surface area (Å²) in [6, 6.07) is 17.0. The average molecular weight is 317 g/mol. The summed E-state index contributed by atoms with van der Waals surface area (Å²) in [5.74, 6) is 0.606. The van der Waals surface area contributed by atoms with Gasteiger partial charge in [0.05, 0.1) is 18.2 Å². The molecular formula is C16H16NO2PS. The average Bonchev–Trinajstić information content (AvgIpc) is 2.51. The van der Waals surface area contributed by atoms with Gasteiger partial charge >= 0.3 is 0 Å². The molecule has 0 aliphatic heterocycles. The fourth-order valence-electron chi connectivity index (χ4n) is 1.83. The predicted molar refractivity (Wildman–Crippen MR) is 88.5 cm³/mol. The van der Waals surface area contributed by atoms with Crippen molar-refractivity contribution in [3.8, 4) is 11.8 Å². The van der Waals surface area contributed by atoms with Gasteiger partial charge in [0.1, 0.15) is 5.75 Å². The molecule has 3 nitrogen and oxygen atoms in total. The maximum Gasteiger partial charge on any atom is 0.269 e. The first kappa shape index (κ1) is 15.7. The van der Waals surface area contributed by atoms with E-state index in [2.05, 4.69) is 6.07 Å². The molecule has 0 fully saturated rings. The Morgan fingerprint density at radius 1 is 1.19 bits per heavy atom. The van der Waals surface area contributed by atoms with E-state index in [0.29, 0.717) is 17.9 Å². The third kappa shape index (κ3) is 3.71. The number of nitrogens with zero attached hydrogens (tertiary/aromatic N) is 1. The van der Waals surface area contributed by atoms with Gasteiger partial charge < -0.3 is 9.05 Å². The molecule has 1 atom stereocenters. The summed E-state index contributed by atoms with van der Waals surface area (Å²) in [6.45, 7) is 1.67. The van der Waals surface area contributed by atoms with Crippen LogP contribution in [-0.4, -0.2) is 6.61 Å². The zero-order chi connectivity index (χ0) is 15.3. The fourth-order valence-corrected chi connectivity index (χ4v) is 4.39. The van der Waals surface area contributed by atoms with E-state index in [1.807, 2.05) is 50.2 Å². The second kappa shape index (κ2) is 6.87. The molecule has 0 heterocycles. The van der Waals surface area contributed by atoms with E-state index in [9.17, 15) is 0 Å². The highest BCUT2D eigenvalue weighted by atomic mass is 32.5. The molecule has 21 heavy (non-hydrogen) atoms. The van der Waals surface area contributed by atoms with E-state index in [4.69, 9.17) is 26.1 Å². The van der Waals surface area contributed by atoms with E-state index in [1.54, 1.807) is 12.1 Å². The van der Waals surface area contributed by atoms with Gasteiger partial charge in [-0.25, -0.2) is 0 Å². The predicted octanol–water partition coefficient (Wildman–Crippen LogP) is 3.92. The lowest BCUT2D eigenvalue weighted by Gasteiger charge is -2.23. The summed E-state index contributed by atoms with van der Waals surface area (Å²) in [7, 11) is 0. The number of benzene rings is 2. The highest BCUT2D eigenvalue weighted by Crippen LogP contribution is 2.48. The standard InChI is InChI=1S/C16H16NO2PS/c1-3-18-20(21,15-7-5-4-6-8-15)19-16-11-14(12-17)10-9-13(16)2/h4-11H,3H2,1-2H3. The van der Waals surface area contributed by atoms with Crippen LogP contribution in [0.15, 0.2) is 48.5 Å². The quantitative estimate of drug-likeness (QED) is 0.784. The summed E-state index contributed by atoms with van der Waals surface area (Å²) < 4.78 is 11.8. The van der Waals surface area contributed by atoms with Crippen LogP contribution in [0.3, 0.4) is 0 Å². The van der Waals surface area contributed by atoms with Crippen LogP contribution in [-0.2, 0) is 16.3 Å². The molecule has 2 rings (SSSR count). The van der Waals surface area contributed by atoms with Gasteiger partial charge in [0.15, 0.2) is 0 Å². The SMILES string of the molecule is CCOP(=S)(Oc1cc(C#N)ccc1C)c1ccccc1. The van der Waals surface area contributed by atoms with Crippen molar-refractivity contribution in [2.45, 2.75) is 13.8 Å². The molecule has 0 radical (unpaired) electrons. The molecule has 2 aromatic carbocycles. The molecule has 2 aromatic rings. The van der Waals surface area contributed by atoms with Gasteiger partial charge in [-0.1, -0.05) is 24.3 Å². The molecule has 5 heteroatoms. The van der Waals surface area contributed by atoms with Gasteiger partial charge in [0, 0.05) is 5.30 Å². The molecule has 0 amide bonds. The second-order valence-electron chi connectivity index (χ2n) is 4.43. The Hall–Kier alpha value is -1.66. The first-order chi connectivity index (χ1) is 10.1. The monoisotopic (exact) mass is 317 g/mol. The van der Waals surface area contributed by atoms with Crippen LogP contribution in [0, 0.1) is 18.3 Å². The topological polar surface area (TPSA) is 42.2 Å². The lowest BCUT2D eigenvalue weighted by molar-refractivity contribution is 0.338. The Kier molecular flexibility index (Phi) is 5.14. The van der Waals surface area contributed by atoms with E-state index < -0.39 is 6.49 Å². The van der Waals surface area contributed by atoms with Crippen LogP contribution in [0.4, 0.5) is 0 Å². The number of hydrogen-bond acceptors (Lipinski definition) is 4. The van der Waals surface area contributed by atoms with Crippen LogP contribution >= 0.6 is 6.49 Å². The number of aryl methyl sites for hydroxylation is 1. The molecule has 0 saturated heterocycles. The van der Waals surface area contributed by atoms with Gasteiger partial charge in [0.2, 0.25) is 0 Å². The minimum Gasteiger partial charge on any atom is -0.440 e. The first-order valence-electron chi connectivity index (χ1n) is 6.59. The number of rotatable bonds is 5. The molecule has 0 saturated carbocycles. The van der Waals surface area contributed by atoms with Gasteiger partial charge in [-0.15, -0.1) is 0 Å². The molecule has 0 bridgehead atoms. The molecule has 0 spiro atoms. The number of nitriles is 1. The molecule has 0 N–H and O–H groups in total. The van der Waals surface area contributed by atoms with Crippen molar-refractivity contribution < 1.29 is 9.05 Å². The Balaban J connectivity index is 2.42. The van der Waals surface area contributed by atoms with E-state index in [0.717, 1.165) is 10.9 Å². The largest absolute Gasteiger partial charge is 0.440 e. The van der Waals surface area contributed by atoms with Crippen molar-refractivity contribution >= 4 is 23.6 Å². The third-order valence-electron chi connectivity index (χ3n) is 2.91. The van der Waals surface area contributed by atoms with Crippen molar-refractivity contribution in [1.29, 1.82) is 5.26 Å². The summed E-state index contributed by atoms with van der Waals surface area (Å²) in [4.78, 5) is 0. The minimum absolute atomic E-state index is 0.475. The van der Waals surface area contributed by atoms with Crippen molar-refractivity contribution in [2.24, 2.45) is 0 Å². The summed E-state index contributed by atoms with van der Waals surface area (Å²) in [5, 5.41) is 9.88. The zero-order valence-corrected chi connectivity index (χ0v) is 13.7. The van der Waals surface area contributed by atoms with E-state index in [-0.39, 0.29) is 0 Å². The zero-order valence-electron chi connectivity index (χ0n) is 11.9. The summed E-state index contributed by atoms with van der Waals surface area (Å²) in [6.07, 6.45) is 0. The Morgan fingerprint density at radius 2 is 1.90 bits per heavy atom. The Bertz CT molecular complexity index is 710. The molecule has 1 unspecified atom stereocenters. The lowest BCUT2D eigenvalue weighted by Crippen LogP contribution is -2.12. The van der Waals surface area contributed by atoms with Crippen molar-refractivity contribution in [3.05, 3.63) is 59.7 Å². The molecule has 0 aliphatic carbocycles. The Morgan fingerprint density at radius 3 is 2.52 bits per heavy atom. The van der Waals surface area contributed by atoms with Crippen LogP contribution in [0.1, 0.15) is 18.1 Å². The van der Waals surface area contributed by atoms with Crippen molar-refractivity contribution in [2.75, 3.05) is 6.61 Å².